The smallest absolute Gasteiger partial charge is 0.215 e. The standard InChI is InChI=1S/C16H23N5OS/c1-11-17-7-12(8-18-11)6-13-4-5-15(2,3)16(13,22)9-21-14(23)19-10-20-21/h7-8,10,13,22H,4-6,9H2,1-3H3,(H,19,20,23). The van der Waals surface area contributed by atoms with Gasteiger partial charge in [0.15, 0.2) is 0 Å². The molecule has 0 aromatic carbocycles. The molecule has 2 unspecified atom stereocenters. The minimum absolute atomic E-state index is 0.133. The Morgan fingerprint density at radius 1 is 1.35 bits per heavy atom. The molecule has 2 atom stereocenters. The summed E-state index contributed by atoms with van der Waals surface area (Å²) in [5.41, 5.74) is 0.0103. The third-order valence-corrected chi connectivity index (χ3v) is 5.63. The van der Waals surface area contributed by atoms with Gasteiger partial charge in [-0.15, -0.1) is 0 Å². The quantitative estimate of drug-likeness (QED) is 0.840. The summed E-state index contributed by atoms with van der Waals surface area (Å²) in [7, 11) is 0. The summed E-state index contributed by atoms with van der Waals surface area (Å²) in [4.78, 5) is 12.6. The molecule has 0 bridgehead atoms. The third-order valence-electron chi connectivity index (χ3n) is 5.30. The van der Waals surface area contributed by atoms with Crippen LogP contribution in [0.5, 0.6) is 0 Å². The zero-order chi connectivity index (χ0) is 16.7. The van der Waals surface area contributed by atoms with Crippen LogP contribution in [0.25, 0.3) is 0 Å². The SMILES string of the molecule is Cc1ncc(CC2CCC(C)(C)C2(O)Cn2[nH]cnc2=S)cn1. The average Bonchev–Trinajstić information content (AvgIpc) is 2.98. The maximum absolute atomic E-state index is 11.5. The van der Waals surface area contributed by atoms with E-state index in [-0.39, 0.29) is 11.3 Å². The van der Waals surface area contributed by atoms with Crippen LogP contribution in [-0.4, -0.2) is 35.4 Å². The molecule has 23 heavy (non-hydrogen) atoms. The van der Waals surface area contributed by atoms with Gasteiger partial charge < -0.3 is 5.11 Å². The second kappa shape index (κ2) is 5.79. The first-order valence-electron chi connectivity index (χ1n) is 7.92. The van der Waals surface area contributed by atoms with Crippen LogP contribution in [0.2, 0.25) is 0 Å². The van der Waals surface area contributed by atoms with E-state index in [9.17, 15) is 5.11 Å². The minimum Gasteiger partial charge on any atom is -0.387 e. The second-order valence-corrected chi connectivity index (χ2v) is 7.51. The Hall–Kier alpha value is -1.60. The fourth-order valence-electron chi connectivity index (χ4n) is 3.60. The van der Waals surface area contributed by atoms with Crippen LogP contribution in [0.15, 0.2) is 18.7 Å². The molecule has 1 aliphatic rings. The van der Waals surface area contributed by atoms with Gasteiger partial charge in [-0.3, -0.25) is 9.78 Å². The van der Waals surface area contributed by atoms with Gasteiger partial charge in [0.2, 0.25) is 4.77 Å². The van der Waals surface area contributed by atoms with Gasteiger partial charge in [-0.2, -0.15) is 0 Å². The average molecular weight is 333 g/mol. The zero-order valence-corrected chi connectivity index (χ0v) is 14.6. The molecule has 3 rings (SSSR count). The van der Waals surface area contributed by atoms with Gasteiger partial charge in [0.05, 0.1) is 12.1 Å². The van der Waals surface area contributed by atoms with Crippen molar-refractivity contribution >= 4 is 12.2 Å². The summed E-state index contributed by atoms with van der Waals surface area (Å²) in [6, 6.07) is 0. The van der Waals surface area contributed by atoms with Crippen molar-refractivity contribution in [1.82, 2.24) is 24.7 Å². The highest BCUT2D eigenvalue weighted by atomic mass is 32.1. The molecular formula is C16H23N5OS. The molecule has 2 heterocycles. The Bertz CT molecular complexity index is 735. The van der Waals surface area contributed by atoms with Gasteiger partial charge in [0.1, 0.15) is 12.2 Å². The van der Waals surface area contributed by atoms with Crippen molar-refractivity contribution in [1.29, 1.82) is 0 Å². The number of aryl methyl sites for hydroxylation is 1. The minimum atomic E-state index is -0.858. The van der Waals surface area contributed by atoms with E-state index in [1.54, 1.807) is 11.0 Å². The molecule has 7 heteroatoms. The number of aliphatic hydroxyl groups is 1. The third kappa shape index (κ3) is 2.95. The predicted octanol–water partition coefficient (Wildman–Crippen LogP) is 2.45. The molecule has 6 nitrogen and oxygen atoms in total. The lowest BCUT2D eigenvalue weighted by Crippen LogP contribution is -2.49. The predicted molar refractivity (Wildman–Crippen MR) is 89.3 cm³/mol. The van der Waals surface area contributed by atoms with E-state index in [0.29, 0.717) is 11.3 Å². The van der Waals surface area contributed by atoms with Gasteiger partial charge >= 0.3 is 0 Å². The summed E-state index contributed by atoms with van der Waals surface area (Å²) >= 11 is 5.22. The van der Waals surface area contributed by atoms with Gasteiger partial charge in [-0.05, 0) is 55.3 Å². The van der Waals surface area contributed by atoms with Crippen molar-refractivity contribution in [3.8, 4) is 0 Å². The lowest BCUT2D eigenvalue weighted by atomic mass is 9.72. The van der Waals surface area contributed by atoms with Gasteiger partial charge in [0, 0.05) is 12.4 Å². The molecule has 2 aromatic heterocycles. The first-order valence-corrected chi connectivity index (χ1v) is 8.33. The molecule has 1 fully saturated rings. The van der Waals surface area contributed by atoms with Crippen LogP contribution < -0.4 is 0 Å². The molecule has 0 spiro atoms. The molecule has 0 amide bonds. The number of hydrogen-bond acceptors (Lipinski definition) is 5. The lowest BCUT2D eigenvalue weighted by molar-refractivity contribution is -0.0909. The van der Waals surface area contributed by atoms with Crippen molar-refractivity contribution in [2.24, 2.45) is 11.3 Å². The summed E-state index contributed by atoms with van der Waals surface area (Å²) in [5, 5.41) is 14.5. The summed E-state index contributed by atoms with van der Waals surface area (Å²) in [6.45, 7) is 6.55. The van der Waals surface area contributed by atoms with Gasteiger partial charge in [0.25, 0.3) is 0 Å². The van der Waals surface area contributed by atoms with Crippen LogP contribution in [-0.2, 0) is 13.0 Å². The van der Waals surface area contributed by atoms with E-state index in [2.05, 4.69) is 33.9 Å². The van der Waals surface area contributed by atoms with E-state index in [4.69, 9.17) is 12.2 Å². The number of nitrogens with one attached hydrogen (secondary N) is 1. The Labute approximate surface area is 141 Å². The van der Waals surface area contributed by atoms with Crippen molar-refractivity contribution in [3.05, 3.63) is 34.9 Å². The molecular weight excluding hydrogens is 310 g/mol. The molecule has 0 radical (unpaired) electrons. The number of aromatic amines is 1. The molecule has 1 aliphatic carbocycles. The number of nitrogens with zero attached hydrogens (tertiary/aromatic N) is 4. The number of rotatable bonds is 4. The highest BCUT2D eigenvalue weighted by molar-refractivity contribution is 7.71. The van der Waals surface area contributed by atoms with Gasteiger partial charge in [-0.25, -0.2) is 15.0 Å². The van der Waals surface area contributed by atoms with Crippen molar-refractivity contribution in [2.75, 3.05) is 0 Å². The van der Waals surface area contributed by atoms with Gasteiger partial charge in [-0.1, -0.05) is 13.8 Å². The first kappa shape index (κ1) is 16.3. The highest BCUT2D eigenvalue weighted by Gasteiger charge is 2.54. The molecule has 1 saturated carbocycles. The lowest BCUT2D eigenvalue weighted by Gasteiger charge is -2.40. The highest BCUT2D eigenvalue weighted by Crippen LogP contribution is 2.51. The zero-order valence-electron chi connectivity index (χ0n) is 13.8. The van der Waals surface area contributed by atoms with E-state index in [1.807, 2.05) is 19.3 Å². The van der Waals surface area contributed by atoms with Crippen molar-refractivity contribution in [2.45, 2.75) is 52.2 Å². The van der Waals surface area contributed by atoms with Crippen molar-refractivity contribution in [3.63, 3.8) is 0 Å². The molecule has 2 aromatic rings. The van der Waals surface area contributed by atoms with Crippen LogP contribution in [0.4, 0.5) is 0 Å². The normalized spacial score (nSPS) is 26.5. The number of hydrogen-bond donors (Lipinski definition) is 2. The summed E-state index contributed by atoms with van der Waals surface area (Å²) < 4.78 is 2.22. The van der Waals surface area contributed by atoms with E-state index in [0.717, 1.165) is 30.7 Å². The number of H-pyrrole nitrogens is 1. The Morgan fingerprint density at radius 3 is 2.65 bits per heavy atom. The maximum Gasteiger partial charge on any atom is 0.215 e. The van der Waals surface area contributed by atoms with Crippen LogP contribution in [0.1, 0.15) is 38.1 Å². The largest absolute Gasteiger partial charge is 0.387 e. The number of aromatic nitrogens is 5. The fraction of sp³-hybridized carbons (Fsp3) is 0.625. The topological polar surface area (TPSA) is 79.6 Å². The molecule has 0 aliphatic heterocycles. The molecule has 124 valence electrons. The van der Waals surface area contributed by atoms with E-state index in [1.165, 1.54) is 0 Å². The summed E-state index contributed by atoms with van der Waals surface area (Å²) in [6.07, 6.45) is 7.99. The van der Waals surface area contributed by atoms with Crippen LogP contribution in [0, 0.1) is 23.0 Å². The molecule has 2 N–H and O–H groups in total. The molecule has 0 saturated heterocycles. The Kier molecular flexibility index (Phi) is 4.10. The summed E-state index contributed by atoms with van der Waals surface area (Å²) in [5.74, 6) is 0.897. The second-order valence-electron chi connectivity index (χ2n) is 7.14. The fourth-order valence-corrected chi connectivity index (χ4v) is 3.77. The Balaban J connectivity index is 1.88. The van der Waals surface area contributed by atoms with Crippen LogP contribution >= 0.6 is 12.2 Å². The van der Waals surface area contributed by atoms with Crippen LogP contribution in [0.3, 0.4) is 0 Å². The van der Waals surface area contributed by atoms with E-state index >= 15 is 0 Å². The maximum atomic E-state index is 11.5. The Morgan fingerprint density at radius 2 is 2.04 bits per heavy atom. The monoisotopic (exact) mass is 333 g/mol. The van der Waals surface area contributed by atoms with Crippen molar-refractivity contribution < 1.29 is 5.11 Å². The van der Waals surface area contributed by atoms with E-state index < -0.39 is 5.60 Å². The first-order chi connectivity index (χ1) is 10.8.